The molecule has 0 aromatic heterocycles. The number of Topliss-reactive ketones (excluding diaryl/α,β-unsaturated/α-hetero) is 1. The molecule has 0 amide bonds. The maximum absolute atomic E-state index is 13.8. The van der Waals surface area contributed by atoms with Crippen LogP contribution >= 0.6 is 0 Å². The Kier molecular flexibility index (Phi) is 6.14. The fourth-order valence-corrected chi connectivity index (χ4v) is 1.66. The predicted molar refractivity (Wildman–Crippen MR) is 76.8 cm³/mol. The summed E-state index contributed by atoms with van der Waals surface area (Å²) in [5.41, 5.74) is 0.489. The van der Waals surface area contributed by atoms with Crippen LogP contribution in [0.2, 0.25) is 0 Å². The van der Waals surface area contributed by atoms with Gasteiger partial charge in [0.05, 0.1) is 6.61 Å². The molecule has 20 heavy (non-hydrogen) atoms. The number of hydrogen-bond donors (Lipinski definition) is 0. The van der Waals surface area contributed by atoms with E-state index in [1.54, 1.807) is 13.2 Å². The number of benzene rings is 1. The van der Waals surface area contributed by atoms with E-state index in [4.69, 9.17) is 9.47 Å². The zero-order valence-corrected chi connectivity index (χ0v) is 12.7. The smallest absolute Gasteiger partial charge is 0.165 e. The van der Waals surface area contributed by atoms with Gasteiger partial charge in [0.25, 0.3) is 0 Å². The molecule has 0 atom stereocenters. The molecule has 3 nitrogen and oxygen atoms in total. The van der Waals surface area contributed by atoms with Crippen LogP contribution in [0.3, 0.4) is 0 Å². The van der Waals surface area contributed by atoms with Gasteiger partial charge in [-0.2, -0.15) is 0 Å². The van der Waals surface area contributed by atoms with Crippen LogP contribution in [0.5, 0.6) is 5.75 Å². The summed E-state index contributed by atoms with van der Waals surface area (Å²) in [7, 11) is 1.55. The van der Waals surface area contributed by atoms with E-state index in [-0.39, 0.29) is 23.6 Å². The molecule has 0 spiro atoms. The van der Waals surface area contributed by atoms with Gasteiger partial charge in [0.15, 0.2) is 17.3 Å². The van der Waals surface area contributed by atoms with Crippen LogP contribution in [-0.2, 0) is 4.74 Å². The SMILES string of the molecule is COCCOc1ccc(C(=O)CCC(C)(C)C)cc1F. The zero-order valence-electron chi connectivity index (χ0n) is 12.7. The maximum Gasteiger partial charge on any atom is 0.165 e. The van der Waals surface area contributed by atoms with Crippen molar-refractivity contribution in [1.29, 1.82) is 0 Å². The van der Waals surface area contributed by atoms with Crippen molar-refractivity contribution in [1.82, 2.24) is 0 Å². The van der Waals surface area contributed by atoms with Crippen LogP contribution in [0.25, 0.3) is 0 Å². The Morgan fingerprint density at radius 3 is 2.50 bits per heavy atom. The lowest BCUT2D eigenvalue weighted by Gasteiger charge is -2.17. The van der Waals surface area contributed by atoms with E-state index < -0.39 is 5.82 Å². The Balaban J connectivity index is 2.64. The fraction of sp³-hybridized carbons (Fsp3) is 0.562. The Morgan fingerprint density at radius 2 is 1.95 bits per heavy atom. The Hall–Kier alpha value is -1.42. The van der Waals surface area contributed by atoms with Crippen molar-refractivity contribution in [2.24, 2.45) is 5.41 Å². The van der Waals surface area contributed by atoms with Crippen LogP contribution in [-0.4, -0.2) is 26.1 Å². The van der Waals surface area contributed by atoms with Crippen molar-refractivity contribution >= 4 is 5.78 Å². The summed E-state index contributed by atoms with van der Waals surface area (Å²) in [5.74, 6) is -0.403. The Morgan fingerprint density at radius 1 is 1.25 bits per heavy atom. The number of ketones is 1. The lowest BCUT2D eigenvalue weighted by atomic mass is 9.88. The van der Waals surface area contributed by atoms with Gasteiger partial charge in [-0.25, -0.2) is 4.39 Å². The van der Waals surface area contributed by atoms with Gasteiger partial charge in [0.2, 0.25) is 0 Å². The quantitative estimate of drug-likeness (QED) is 0.562. The van der Waals surface area contributed by atoms with Crippen LogP contribution in [0.1, 0.15) is 44.0 Å². The topological polar surface area (TPSA) is 35.5 Å². The van der Waals surface area contributed by atoms with Gasteiger partial charge in [-0.3, -0.25) is 4.79 Å². The highest BCUT2D eigenvalue weighted by molar-refractivity contribution is 5.96. The third-order valence-corrected chi connectivity index (χ3v) is 2.90. The van der Waals surface area contributed by atoms with E-state index in [1.165, 1.54) is 12.1 Å². The average Bonchev–Trinajstić information content (AvgIpc) is 2.37. The molecular formula is C16H23FO3. The van der Waals surface area contributed by atoms with E-state index in [9.17, 15) is 9.18 Å². The number of ether oxygens (including phenoxy) is 2. The number of carbonyl (C=O) groups is 1. The second kappa shape index (κ2) is 7.39. The van der Waals surface area contributed by atoms with Gasteiger partial charge in [-0.15, -0.1) is 0 Å². The van der Waals surface area contributed by atoms with Gasteiger partial charge >= 0.3 is 0 Å². The van der Waals surface area contributed by atoms with Gasteiger partial charge in [0.1, 0.15) is 6.61 Å². The van der Waals surface area contributed by atoms with Crippen LogP contribution in [0, 0.1) is 11.2 Å². The molecule has 0 aliphatic rings. The molecular weight excluding hydrogens is 259 g/mol. The predicted octanol–water partition coefficient (Wildman–Crippen LogP) is 3.86. The second-order valence-corrected chi connectivity index (χ2v) is 5.97. The van der Waals surface area contributed by atoms with Crippen molar-refractivity contribution in [2.75, 3.05) is 20.3 Å². The molecule has 0 aliphatic carbocycles. The standard InChI is InChI=1S/C16H23FO3/c1-16(2,3)8-7-14(18)12-5-6-15(13(17)11-12)20-10-9-19-4/h5-6,11H,7-10H2,1-4H3. The third-order valence-electron chi connectivity index (χ3n) is 2.90. The molecule has 0 saturated heterocycles. The molecule has 1 rings (SSSR count). The summed E-state index contributed by atoms with van der Waals surface area (Å²) in [4.78, 5) is 12.0. The molecule has 4 heteroatoms. The number of hydrogen-bond acceptors (Lipinski definition) is 3. The minimum atomic E-state index is -0.511. The molecule has 0 aliphatic heterocycles. The second-order valence-electron chi connectivity index (χ2n) is 5.97. The minimum absolute atomic E-state index is 0.0396. The number of methoxy groups -OCH3 is 1. The summed E-state index contributed by atoms with van der Waals surface area (Å²) in [5, 5.41) is 0. The fourth-order valence-electron chi connectivity index (χ4n) is 1.66. The highest BCUT2D eigenvalue weighted by Gasteiger charge is 2.15. The summed E-state index contributed by atoms with van der Waals surface area (Å²) < 4.78 is 23.8. The lowest BCUT2D eigenvalue weighted by Crippen LogP contribution is -2.10. The summed E-state index contributed by atoms with van der Waals surface area (Å²) in [6.07, 6.45) is 1.20. The van der Waals surface area contributed by atoms with Crippen molar-refractivity contribution < 1.29 is 18.7 Å². The minimum Gasteiger partial charge on any atom is -0.488 e. The number of carbonyl (C=O) groups excluding carboxylic acids is 1. The first kappa shape index (κ1) is 16.6. The van der Waals surface area contributed by atoms with Crippen molar-refractivity contribution in [3.63, 3.8) is 0 Å². The molecule has 0 fully saturated rings. The van der Waals surface area contributed by atoms with E-state index in [2.05, 4.69) is 20.8 Å². The molecule has 0 heterocycles. The van der Waals surface area contributed by atoms with E-state index in [0.717, 1.165) is 6.42 Å². The van der Waals surface area contributed by atoms with E-state index in [0.29, 0.717) is 18.6 Å². The first-order chi connectivity index (χ1) is 9.33. The summed E-state index contributed by atoms with van der Waals surface area (Å²) >= 11 is 0. The zero-order chi connectivity index (χ0) is 15.2. The van der Waals surface area contributed by atoms with Crippen LogP contribution in [0.15, 0.2) is 18.2 Å². The molecule has 0 bridgehead atoms. The normalized spacial score (nSPS) is 11.4. The molecule has 1 aromatic rings. The van der Waals surface area contributed by atoms with Gasteiger partial charge in [-0.05, 0) is 30.0 Å². The molecule has 0 saturated carbocycles. The van der Waals surface area contributed by atoms with Gasteiger partial charge < -0.3 is 9.47 Å². The highest BCUT2D eigenvalue weighted by atomic mass is 19.1. The van der Waals surface area contributed by atoms with Gasteiger partial charge in [0, 0.05) is 19.1 Å². The van der Waals surface area contributed by atoms with E-state index >= 15 is 0 Å². The summed E-state index contributed by atoms with van der Waals surface area (Å²) in [6, 6.07) is 4.35. The lowest BCUT2D eigenvalue weighted by molar-refractivity contribution is 0.0965. The third kappa shape index (κ3) is 5.70. The Bertz CT molecular complexity index is 450. The first-order valence-corrected chi connectivity index (χ1v) is 6.78. The largest absolute Gasteiger partial charge is 0.488 e. The monoisotopic (exact) mass is 282 g/mol. The molecule has 0 unspecified atom stereocenters. The van der Waals surface area contributed by atoms with Crippen LogP contribution < -0.4 is 4.74 Å². The molecule has 0 N–H and O–H groups in total. The first-order valence-electron chi connectivity index (χ1n) is 6.78. The molecule has 1 aromatic carbocycles. The maximum atomic E-state index is 13.8. The van der Waals surface area contributed by atoms with Crippen LogP contribution in [0.4, 0.5) is 4.39 Å². The van der Waals surface area contributed by atoms with E-state index in [1.807, 2.05) is 0 Å². The van der Waals surface area contributed by atoms with Crippen molar-refractivity contribution in [3.05, 3.63) is 29.6 Å². The summed E-state index contributed by atoms with van der Waals surface area (Å²) in [6.45, 7) is 6.91. The highest BCUT2D eigenvalue weighted by Crippen LogP contribution is 2.24. The number of rotatable bonds is 7. The number of halogens is 1. The van der Waals surface area contributed by atoms with Crippen molar-refractivity contribution in [3.8, 4) is 5.75 Å². The Labute approximate surface area is 120 Å². The molecule has 112 valence electrons. The van der Waals surface area contributed by atoms with Crippen molar-refractivity contribution in [2.45, 2.75) is 33.6 Å². The molecule has 0 radical (unpaired) electrons. The van der Waals surface area contributed by atoms with Gasteiger partial charge in [-0.1, -0.05) is 20.8 Å². The average molecular weight is 282 g/mol.